The number of hydrogen-bond acceptors (Lipinski definition) is 3. The van der Waals surface area contributed by atoms with E-state index in [4.69, 9.17) is 23.2 Å². The fourth-order valence-electron chi connectivity index (χ4n) is 2.77. The van der Waals surface area contributed by atoms with E-state index in [9.17, 15) is 13.2 Å². The molecule has 1 atom stereocenters. The summed E-state index contributed by atoms with van der Waals surface area (Å²) in [5.41, 5.74) is 2.83. The molecule has 0 saturated carbocycles. The molecule has 2 rings (SSSR count). The van der Waals surface area contributed by atoms with E-state index < -0.39 is 22.0 Å². The van der Waals surface area contributed by atoms with Crippen LogP contribution in [0.1, 0.15) is 18.1 Å². The summed E-state index contributed by atoms with van der Waals surface area (Å²) in [4.78, 5) is 12.7. The lowest BCUT2D eigenvalue weighted by atomic mass is 10.1. The quantitative estimate of drug-likeness (QED) is 0.787. The van der Waals surface area contributed by atoms with Gasteiger partial charge >= 0.3 is 0 Å². The molecule has 0 spiro atoms. The van der Waals surface area contributed by atoms with Crippen LogP contribution in [0, 0.1) is 13.8 Å². The van der Waals surface area contributed by atoms with Crippen molar-refractivity contribution in [3.8, 4) is 0 Å². The molecule has 1 unspecified atom stereocenters. The number of carbonyl (C=O) groups excluding carboxylic acids is 1. The number of aryl methyl sites for hydroxylation is 2. The van der Waals surface area contributed by atoms with Gasteiger partial charge in [-0.2, -0.15) is 0 Å². The number of carbonyl (C=O) groups is 1. The Morgan fingerprint density at radius 1 is 1.00 bits per heavy atom. The van der Waals surface area contributed by atoms with Crippen LogP contribution in [-0.2, 0) is 14.8 Å². The molecule has 1 N–H and O–H groups in total. The van der Waals surface area contributed by atoms with Gasteiger partial charge in [-0.3, -0.25) is 9.10 Å². The molecule has 0 aliphatic rings. The van der Waals surface area contributed by atoms with Gasteiger partial charge in [-0.25, -0.2) is 8.42 Å². The summed E-state index contributed by atoms with van der Waals surface area (Å²) in [5, 5.41) is 3.33. The van der Waals surface area contributed by atoms with E-state index in [0.29, 0.717) is 5.69 Å². The monoisotopic (exact) mass is 414 g/mol. The van der Waals surface area contributed by atoms with Crippen molar-refractivity contribution in [2.24, 2.45) is 0 Å². The van der Waals surface area contributed by atoms with Crippen molar-refractivity contribution >= 4 is 50.5 Å². The highest BCUT2D eigenvalue weighted by Gasteiger charge is 2.29. The van der Waals surface area contributed by atoms with E-state index >= 15 is 0 Å². The van der Waals surface area contributed by atoms with Gasteiger partial charge in [0.2, 0.25) is 15.9 Å². The first-order valence-corrected chi connectivity index (χ1v) is 10.4. The fraction of sp³-hybridized carbons (Fsp3) is 0.278. The van der Waals surface area contributed by atoms with Gasteiger partial charge in [0.05, 0.1) is 11.9 Å². The molecule has 0 aliphatic carbocycles. The predicted molar refractivity (Wildman–Crippen MR) is 108 cm³/mol. The number of amides is 1. The summed E-state index contributed by atoms with van der Waals surface area (Å²) in [5.74, 6) is -0.462. The first-order chi connectivity index (χ1) is 12.0. The molecule has 1 amide bonds. The van der Waals surface area contributed by atoms with E-state index in [1.807, 2.05) is 32.0 Å². The van der Waals surface area contributed by atoms with E-state index in [0.717, 1.165) is 21.7 Å². The Bertz CT molecular complexity index is 905. The van der Waals surface area contributed by atoms with Gasteiger partial charge in [0, 0.05) is 15.7 Å². The summed E-state index contributed by atoms with van der Waals surface area (Å²) in [6.07, 6.45) is 1.03. The van der Waals surface area contributed by atoms with E-state index in [2.05, 4.69) is 5.32 Å². The number of sulfonamides is 1. The van der Waals surface area contributed by atoms with Crippen molar-refractivity contribution in [2.75, 3.05) is 15.9 Å². The summed E-state index contributed by atoms with van der Waals surface area (Å²) in [6, 6.07) is 9.02. The second-order valence-corrected chi connectivity index (χ2v) is 8.96. The normalized spacial score (nSPS) is 12.5. The standard InChI is InChI=1S/C18H20Cl2N2O3S/c1-11-5-12(2)7-16(6-11)21-18(23)13(3)22(26(4,24)25)17-9-14(19)8-15(20)10-17/h5-10,13H,1-4H3,(H,21,23). The molecule has 5 nitrogen and oxygen atoms in total. The molecule has 0 fully saturated rings. The lowest BCUT2D eigenvalue weighted by Crippen LogP contribution is -2.45. The molecule has 0 radical (unpaired) electrons. The average molecular weight is 415 g/mol. The summed E-state index contributed by atoms with van der Waals surface area (Å²) in [6.45, 7) is 5.35. The Kier molecular flexibility index (Phi) is 6.21. The van der Waals surface area contributed by atoms with Crippen molar-refractivity contribution in [1.29, 1.82) is 0 Å². The van der Waals surface area contributed by atoms with Gasteiger partial charge < -0.3 is 5.32 Å². The fourth-order valence-corrected chi connectivity index (χ4v) is 4.44. The third kappa shape index (κ3) is 5.13. The lowest BCUT2D eigenvalue weighted by molar-refractivity contribution is -0.116. The largest absolute Gasteiger partial charge is 0.324 e. The van der Waals surface area contributed by atoms with Gasteiger partial charge in [0.25, 0.3) is 0 Å². The first-order valence-electron chi connectivity index (χ1n) is 7.82. The first kappa shape index (κ1) is 20.6. The van der Waals surface area contributed by atoms with Crippen LogP contribution in [0.5, 0.6) is 0 Å². The SMILES string of the molecule is Cc1cc(C)cc(NC(=O)C(C)N(c2cc(Cl)cc(Cl)c2)S(C)(=O)=O)c1. The molecule has 26 heavy (non-hydrogen) atoms. The lowest BCUT2D eigenvalue weighted by Gasteiger charge is -2.28. The molecule has 140 valence electrons. The highest BCUT2D eigenvalue weighted by atomic mass is 35.5. The smallest absolute Gasteiger partial charge is 0.247 e. The minimum absolute atomic E-state index is 0.230. The van der Waals surface area contributed by atoms with Crippen molar-refractivity contribution in [3.63, 3.8) is 0 Å². The van der Waals surface area contributed by atoms with Crippen LogP contribution < -0.4 is 9.62 Å². The van der Waals surface area contributed by atoms with Gasteiger partial charge in [0.1, 0.15) is 6.04 Å². The Balaban J connectivity index is 2.37. The molecular weight excluding hydrogens is 395 g/mol. The third-order valence-electron chi connectivity index (χ3n) is 3.68. The molecule has 8 heteroatoms. The number of nitrogens with zero attached hydrogens (tertiary/aromatic N) is 1. The Labute approximate surface area is 164 Å². The summed E-state index contributed by atoms with van der Waals surface area (Å²) in [7, 11) is -3.75. The summed E-state index contributed by atoms with van der Waals surface area (Å²) < 4.78 is 25.6. The minimum Gasteiger partial charge on any atom is -0.324 e. The van der Waals surface area contributed by atoms with Crippen LogP contribution in [0.4, 0.5) is 11.4 Å². The Morgan fingerprint density at radius 3 is 1.96 bits per heavy atom. The van der Waals surface area contributed by atoms with Crippen LogP contribution in [-0.4, -0.2) is 26.6 Å². The zero-order valence-electron chi connectivity index (χ0n) is 14.9. The van der Waals surface area contributed by atoms with E-state index in [1.165, 1.54) is 25.1 Å². The number of rotatable bonds is 5. The van der Waals surface area contributed by atoms with Crippen molar-refractivity contribution in [1.82, 2.24) is 0 Å². The van der Waals surface area contributed by atoms with E-state index in [1.54, 1.807) is 0 Å². The zero-order valence-corrected chi connectivity index (χ0v) is 17.2. The maximum Gasteiger partial charge on any atom is 0.247 e. The van der Waals surface area contributed by atoms with Crippen LogP contribution in [0.25, 0.3) is 0 Å². The number of nitrogens with one attached hydrogen (secondary N) is 1. The molecule has 2 aromatic rings. The second-order valence-electron chi connectivity index (χ2n) is 6.23. The number of benzene rings is 2. The topological polar surface area (TPSA) is 66.5 Å². The highest BCUT2D eigenvalue weighted by Crippen LogP contribution is 2.29. The second kappa shape index (κ2) is 7.86. The van der Waals surface area contributed by atoms with Gasteiger partial charge in [-0.15, -0.1) is 0 Å². The van der Waals surface area contributed by atoms with Crippen molar-refractivity contribution in [2.45, 2.75) is 26.8 Å². The van der Waals surface area contributed by atoms with Crippen LogP contribution in [0.2, 0.25) is 10.0 Å². The third-order valence-corrected chi connectivity index (χ3v) is 5.36. The van der Waals surface area contributed by atoms with Crippen molar-refractivity contribution < 1.29 is 13.2 Å². The predicted octanol–water partition coefficient (Wildman–Crippen LogP) is 4.40. The van der Waals surface area contributed by atoms with Crippen molar-refractivity contribution in [3.05, 3.63) is 57.6 Å². The maximum absolute atomic E-state index is 12.7. The molecule has 0 aromatic heterocycles. The zero-order chi connectivity index (χ0) is 19.6. The van der Waals surface area contributed by atoms with Gasteiger partial charge in [-0.05, 0) is 62.2 Å². The van der Waals surface area contributed by atoms with Gasteiger partial charge in [0.15, 0.2) is 0 Å². The maximum atomic E-state index is 12.7. The highest BCUT2D eigenvalue weighted by molar-refractivity contribution is 7.92. The Hall–Kier alpha value is -1.76. The molecule has 2 aromatic carbocycles. The molecule has 0 saturated heterocycles. The van der Waals surface area contributed by atoms with Crippen LogP contribution >= 0.6 is 23.2 Å². The average Bonchev–Trinajstić information content (AvgIpc) is 2.43. The van der Waals surface area contributed by atoms with Crippen LogP contribution in [0.15, 0.2) is 36.4 Å². The molecule has 0 aliphatic heterocycles. The number of hydrogen-bond donors (Lipinski definition) is 1. The van der Waals surface area contributed by atoms with Crippen LogP contribution in [0.3, 0.4) is 0 Å². The summed E-state index contributed by atoms with van der Waals surface area (Å²) >= 11 is 12.0. The molecule has 0 heterocycles. The minimum atomic E-state index is -3.75. The van der Waals surface area contributed by atoms with Gasteiger partial charge in [-0.1, -0.05) is 29.3 Å². The number of halogens is 2. The van der Waals surface area contributed by atoms with E-state index in [-0.39, 0.29) is 15.7 Å². The molecule has 0 bridgehead atoms. The number of anilines is 2. The Morgan fingerprint density at radius 2 is 1.50 bits per heavy atom. The molecular formula is C18H20Cl2N2O3S.